The van der Waals surface area contributed by atoms with Crippen molar-refractivity contribution in [3.63, 3.8) is 0 Å². The molecule has 0 aliphatic carbocycles. The highest BCUT2D eigenvalue weighted by atomic mass is 16.3. The van der Waals surface area contributed by atoms with Gasteiger partial charge in [0.15, 0.2) is 0 Å². The molecule has 0 atom stereocenters. The molecule has 1 aromatic heterocycles. The molecule has 4 rings (SSSR count). The van der Waals surface area contributed by atoms with Crippen LogP contribution in [0.25, 0.3) is 17.0 Å². The third-order valence-corrected chi connectivity index (χ3v) is 5.91. The summed E-state index contributed by atoms with van der Waals surface area (Å²) in [6, 6.07) is 9.74. The lowest BCUT2D eigenvalue weighted by Gasteiger charge is -2.33. The van der Waals surface area contributed by atoms with Crippen LogP contribution in [0.2, 0.25) is 0 Å². The van der Waals surface area contributed by atoms with Crippen molar-refractivity contribution in [2.75, 3.05) is 26.2 Å². The van der Waals surface area contributed by atoms with Gasteiger partial charge in [0.2, 0.25) is 11.8 Å². The fourth-order valence-electron chi connectivity index (χ4n) is 4.24. The van der Waals surface area contributed by atoms with Crippen molar-refractivity contribution in [3.05, 3.63) is 42.2 Å². The Bertz CT molecular complexity index is 821. The molecule has 1 aromatic carbocycles. The number of carbonyl (C=O) groups is 2. The minimum atomic E-state index is -0.0128. The van der Waals surface area contributed by atoms with Gasteiger partial charge in [-0.1, -0.05) is 31.0 Å². The summed E-state index contributed by atoms with van der Waals surface area (Å²) in [7, 11) is 0. The van der Waals surface area contributed by atoms with Crippen molar-refractivity contribution in [2.45, 2.75) is 38.5 Å². The maximum atomic E-state index is 12.8. The van der Waals surface area contributed by atoms with E-state index in [4.69, 9.17) is 4.42 Å². The number of nitrogens with zero attached hydrogens (tertiary/aromatic N) is 2. The predicted octanol–water partition coefficient (Wildman–Crippen LogP) is 4.09. The average molecular weight is 380 g/mol. The van der Waals surface area contributed by atoms with Gasteiger partial charge in [-0.2, -0.15) is 0 Å². The number of para-hydroxylation sites is 1. The monoisotopic (exact) mass is 380 g/mol. The fourth-order valence-corrected chi connectivity index (χ4v) is 4.24. The van der Waals surface area contributed by atoms with Crippen LogP contribution in [0, 0.1) is 5.92 Å². The minimum Gasteiger partial charge on any atom is -0.457 e. The van der Waals surface area contributed by atoms with Gasteiger partial charge in [0.1, 0.15) is 11.3 Å². The molecule has 2 aliphatic heterocycles. The number of benzene rings is 1. The zero-order valence-corrected chi connectivity index (χ0v) is 16.3. The summed E-state index contributed by atoms with van der Waals surface area (Å²) < 4.78 is 5.72. The number of amides is 2. The predicted molar refractivity (Wildman–Crippen MR) is 110 cm³/mol. The van der Waals surface area contributed by atoms with Crippen LogP contribution in [0.4, 0.5) is 0 Å². The minimum absolute atomic E-state index is 0.0128. The molecule has 28 heavy (non-hydrogen) atoms. The average Bonchev–Trinajstić information content (AvgIpc) is 2.95. The first-order chi connectivity index (χ1) is 13.7. The van der Waals surface area contributed by atoms with E-state index in [1.165, 1.54) is 12.8 Å². The van der Waals surface area contributed by atoms with Gasteiger partial charge in [-0.25, -0.2) is 0 Å². The van der Waals surface area contributed by atoms with Crippen LogP contribution in [0.3, 0.4) is 0 Å². The van der Waals surface area contributed by atoms with Crippen molar-refractivity contribution < 1.29 is 14.0 Å². The summed E-state index contributed by atoms with van der Waals surface area (Å²) in [5.74, 6) is 1.04. The lowest BCUT2D eigenvalue weighted by molar-refractivity contribution is -0.139. The van der Waals surface area contributed by atoms with E-state index in [2.05, 4.69) is 4.90 Å². The quantitative estimate of drug-likeness (QED) is 0.754. The highest BCUT2D eigenvalue weighted by Gasteiger charge is 2.29. The molecule has 0 saturated carbocycles. The van der Waals surface area contributed by atoms with E-state index in [0.717, 1.165) is 49.7 Å². The van der Waals surface area contributed by atoms with Crippen LogP contribution in [-0.2, 0) is 9.59 Å². The van der Waals surface area contributed by atoms with Crippen LogP contribution >= 0.6 is 0 Å². The summed E-state index contributed by atoms with van der Waals surface area (Å²) in [6.45, 7) is 3.09. The molecule has 0 N–H and O–H groups in total. The van der Waals surface area contributed by atoms with E-state index in [9.17, 15) is 9.59 Å². The Labute approximate surface area is 166 Å². The van der Waals surface area contributed by atoms with Crippen molar-refractivity contribution in [1.29, 1.82) is 0 Å². The maximum Gasteiger partial charge on any atom is 0.246 e. The molecule has 148 valence electrons. The van der Waals surface area contributed by atoms with Gasteiger partial charge >= 0.3 is 0 Å². The molecule has 2 aromatic rings. The summed E-state index contributed by atoms with van der Waals surface area (Å²) >= 11 is 0. The second-order valence-electron chi connectivity index (χ2n) is 7.86. The maximum absolute atomic E-state index is 12.8. The Kier molecular flexibility index (Phi) is 5.79. The lowest BCUT2D eigenvalue weighted by Crippen LogP contribution is -2.44. The third kappa shape index (κ3) is 4.29. The van der Waals surface area contributed by atoms with Gasteiger partial charge in [-0.15, -0.1) is 0 Å². The second-order valence-corrected chi connectivity index (χ2v) is 7.86. The lowest BCUT2D eigenvalue weighted by atomic mass is 9.95. The fraction of sp³-hybridized carbons (Fsp3) is 0.478. The van der Waals surface area contributed by atoms with Crippen molar-refractivity contribution in [3.8, 4) is 0 Å². The van der Waals surface area contributed by atoms with Crippen LogP contribution in [0.5, 0.6) is 0 Å². The van der Waals surface area contributed by atoms with E-state index in [1.807, 2.05) is 35.2 Å². The summed E-state index contributed by atoms with van der Waals surface area (Å²) in [5.41, 5.74) is 0.822. The molecule has 0 unspecified atom stereocenters. The van der Waals surface area contributed by atoms with Crippen LogP contribution in [0.1, 0.15) is 44.3 Å². The van der Waals surface area contributed by atoms with Crippen LogP contribution in [0.15, 0.2) is 40.8 Å². The number of piperidine rings is 1. The first-order valence-corrected chi connectivity index (χ1v) is 10.4. The molecule has 3 heterocycles. The first kappa shape index (κ1) is 18.8. The van der Waals surface area contributed by atoms with Gasteiger partial charge in [-0.05, 0) is 43.9 Å². The Morgan fingerprint density at radius 3 is 2.36 bits per heavy atom. The van der Waals surface area contributed by atoms with Crippen LogP contribution in [-0.4, -0.2) is 47.8 Å². The molecule has 2 saturated heterocycles. The number of rotatable bonds is 3. The molecule has 0 radical (unpaired) electrons. The van der Waals surface area contributed by atoms with E-state index in [-0.39, 0.29) is 11.8 Å². The molecule has 5 nitrogen and oxygen atoms in total. The number of furan rings is 1. The summed E-state index contributed by atoms with van der Waals surface area (Å²) in [4.78, 5) is 29.2. The largest absolute Gasteiger partial charge is 0.457 e. The molecule has 0 spiro atoms. The molecular weight excluding hydrogens is 352 g/mol. The van der Waals surface area contributed by atoms with Crippen LogP contribution < -0.4 is 0 Å². The Balaban J connectivity index is 1.30. The van der Waals surface area contributed by atoms with Crippen molar-refractivity contribution >= 4 is 28.9 Å². The Morgan fingerprint density at radius 2 is 1.64 bits per heavy atom. The number of hydrogen-bond acceptors (Lipinski definition) is 3. The van der Waals surface area contributed by atoms with E-state index in [0.29, 0.717) is 24.8 Å². The SMILES string of the molecule is O=C(/C=C/c1cc2ccccc2o1)N1CCC(C(=O)N2CCCCCC2)CC1. The highest BCUT2D eigenvalue weighted by molar-refractivity contribution is 5.92. The smallest absolute Gasteiger partial charge is 0.246 e. The number of fused-ring (bicyclic) bond motifs is 1. The van der Waals surface area contributed by atoms with Gasteiger partial charge in [0.25, 0.3) is 0 Å². The molecule has 5 heteroatoms. The highest BCUT2D eigenvalue weighted by Crippen LogP contribution is 2.23. The van der Waals surface area contributed by atoms with Gasteiger partial charge in [-0.3, -0.25) is 9.59 Å². The second kappa shape index (κ2) is 8.63. The van der Waals surface area contributed by atoms with E-state index >= 15 is 0 Å². The third-order valence-electron chi connectivity index (χ3n) is 5.91. The number of hydrogen-bond donors (Lipinski definition) is 0. The Morgan fingerprint density at radius 1 is 0.929 bits per heavy atom. The number of likely N-dealkylation sites (tertiary alicyclic amines) is 2. The van der Waals surface area contributed by atoms with Gasteiger partial charge < -0.3 is 14.2 Å². The van der Waals surface area contributed by atoms with E-state index in [1.54, 1.807) is 12.2 Å². The molecule has 2 fully saturated rings. The first-order valence-electron chi connectivity index (χ1n) is 10.4. The summed E-state index contributed by atoms with van der Waals surface area (Å²) in [6.07, 6.45) is 9.54. The zero-order valence-electron chi connectivity index (χ0n) is 16.3. The normalized spacial score (nSPS) is 19.3. The van der Waals surface area contributed by atoms with Crippen molar-refractivity contribution in [1.82, 2.24) is 9.80 Å². The van der Waals surface area contributed by atoms with Gasteiger partial charge in [0.05, 0.1) is 0 Å². The van der Waals surface area contributed by atoms with E-state index < -0.39 is 0 Å². The molecular formula is C23H28N2O3. The molecule has 2 aliphatic rings. The number of carbonyl (C=O) groups excluding carboxylic acids is 2. The summed E-state index contributed by atoms with van der Waals surface area (Å²) in [5, 5.41) is 1.03. The Hall–Kier alpha value is -2.56. The topological polar surface area (TPSA) is 53.8 Å². The van der Waals surface area contributed by atoms with Crippen molar-refractivity contribution in [2.24, 2.45) is 5.92 Å². The molecule has 2 amide bonds. The zero-order chi connectivity index (χ0) is 19.3. The molecule has 0 bridgehead atoms. The van der Waals surface area contributed by atoms with Gasteiger partial charge in [0, 0.05) is 43.6 Å². The standard InChI is InChI=1S/C23H28N2O3/c26-22(10-9-20-17-19-7-3-4-8-21(19)28-20)24-15-11-18(12-16-24)23(27)25-13-5-1-2-6-14-25/h3-4,7-10,17-18H,1-2,5-6,11-16H2/b10-9+.